The fraction of sp³-hybridized carbons (Fsp3) is 0.800. The molecular formula is C20H32O2. The standard InChI is InChI=1S/C20H32O2/c1-6-19(4)10-7-14-13(12-19)11-15(21)17-18(2,3)9-8-16(22)20(14,17)5/h6,12,14-17,21-22H,1,7-11H2,2-5H3/t14-,15+,16-,17-,19-,20-/m0/s1. The van der Waals surface area contributed by atoms with Gasteiger partial charge in [-0.05, 0) is 49.4 Å². The second-order valence-electron chi connectivity index (χ2n) is 9.18. The van der Waals surface area contributed by atoms with Crippen molar-refractivity contribution < 1.29 is 10.2 Å². The number of hydrogen-bond acceptors (Lipinski definition) is 2. The maximum atomic E-state index is 10.9. The van der Waals surface area contributed by atoms with E-state index in [1.807, 2.05) is 6.08 Å². The number of allylic oxidation sites excluding steroid dienone is 2. The van der Waals surface area contributed by atoms with Gasteiger partial charge in [0.05, 0.1) is 12.2 Å². The van der Waals surface area contributed by atoms with Gasteiger partial charge in [-0.2, -0.15) is 0 Å². The molecule has 0 spiro atoms. The van der Waals surface area contributed by atoms with Crippen LogP contribution < -0.4 is 0 Å². The maximum Gasteiger partial charge on any atom is 0.0617 e. The lowest BCUT2D eigenvalue weighted by Gasteiger charge is -2.62. The molecule has 0 bridgehead atoms. The van der Waals surface area contributed by atoms with Gasteiger partial charge < -0.3 is 10.2 Å². The molecule has 0 aliphatic heterocycles. The van der Waals surface area contributed by atoms with Crippen LogP contribution in [0.2, 0.25) is 0 Å². The minimum Gasteiger partial charge on any atom is -0.393 e. The van der Waals surface area contributed by atoms with Crippen molar-refractivity contribution in [1.82, 2.24) is 0 Å². The van der Waals surface area contributed by atoms with Crippen LogP contribution >= 0.6 is 0 Å². The first-order chi connectivity index (χ1) is 10.1. The summed E-state index contributed by atoms with van der Waals surface area (Å²) in [5.41, 5.74) is 1.30. The summed E-state index contributed by atoms with van der Waals surface area (Å²) in [6.45, 7) is 13.0. The van der Waals surface area contributed by atoms with E-state index in [1.54, 1.807) is 0 Å². The zero-order valence-electron chi connectivity index (χ0n) is 14.6. The van der Waals surface area contributed by atoms with Gasteiger partial charge in [-0.1, -0.05) is 45.4 Å². The maximum absolute atomic E-state index is 10.9. The van der Waals surface area contributed by atoms with Crippen molar-refractivity contribution in [2.45, 2.75) is 72.0 Å². The van der Waals surface area contributed by atoms with E-state index in [0.29, 0.717) is 5.92 Å². The molecule has 22 heavy (non-hydrogen) atoms. The predicted molar refractivity (Wildman–Crippen MR) is 90.4 cm³/mol. The Morgan fingerprint density at radius 3 is 2.45 bits per heavy atom. The van der Waals surface area contributed by atoms with Crippen LogP contribution in [0.4, 0.5) is 0 Å². The molecule has 2 nitrogen and oxygen atoms in total. The largest absolute Gasteiger partial charge is 0.393 e. The number of hydrogen-bond donors (Lipinski definition) is 2. The fourth-order valence-corrected chi connectivity index (χ4v) is 6.08. The van der Waals surface area contributed by atoms with E-state index in [1.165, 1.54) is 5.57 Å². The predicted octanol–water partition coefficient (Wildman–Crippen LogP) is 4.08. The molecule has 124 valence electrons. The zero-order chi connectivity index (χ0) is 16.3. The molecule has 2 N–H and O–H groups in total. The third-order valence-corrected chi connectivity index (χ3v) is 7.27. The molecule has 0 heterocycles. The lowest BCUT2D eigenvalue weighted by Crippen LogP contribution is -2.61. The van der Waals surface area contributed by atoms with Crippen LogP contribution in [0.25, 0.3) is 0 Å². The molecule has 2 saturated carbocycles. The fourth-order valence-electron chi connectivity index (χ4n) is 6.08. The first-order valence-corrected chi connectivity index (χ1v) is 8.85. The summed E-state index contributed by atoms with van der Waals surface area (Å²) >= 11 is 0. The summed E-state index contributed by atoms with van der Waals surface area (Å²) < 4.78 is 0. The van der Waals surface area contributed by atoms with Crippen molar-refractivity contribution >= 4 is 0 Å². The highest BCUT2D eigenvalue weighted by Crippen LogP contribution is 2.63. The van der Waals surface area contributed by atoms with Crippen molar-refractivity contribution in [3.63, 3.8) is 0 Å². The van der Waals surface area contributed by atoms with Crippen molar-refractivity contribution in [3.8, 4) is 0 Å². The summed E-state index contributed by atoms with van der Waals surface area (Å²) in [4.78, 5) is 0. The molecule has 0 unspecified atom stereocenters. The third-order valence-electron chi connectivity index (χ3n) is 7.27. The minimum absolute atomic E-state index is 0.0455. The van der Waals surface area contributed by atoms with E-state index in [9.17, 15) is 10.2 Å². The monoisotopic (exact) mass is 304 g/mol. The van der Waals surface area contributed by atoms with Crippen LogP contribution in [0, 0.1) is 28.1 Å². The average Bonchev–Trinajstić information content (AvgIpc) is 2.42. The Balaban J connectivity index is 2.07. The first-order valence-electron chi connectivity index (χ1n) is 8.85. The van der Waals surface area contributed by atoms with E-state index in [2.05, 4.69) is 40.3 Å². The van der Waals surface area contributed by atoms with Gasteiger partial charge in [0.1, 0.15) is 0 Å². The minimum atomic E-state index is -0.343. The highest BCUT2D eigenvalue weighted by atomic mass is 16.3. The molecule has 6 atom stereocenters. The smallest absolute Gasteiger partial charge is 0.0617 e. The van der Waals surface area contributed by atoms with Gasteiger partial charge in [0.15, 0.2) is 0 Å². The molecule has 3 aliphatic carbocycles. The molecule has 0 saturated heterocycles. The number of aliphatic hydroxyl groups is 2. The highest BCUT2D eigenvalue weighted by molar-refractivity contribution is 5.28. The number of fused-ring (bicyclic) bond motifs is 3. The van der Waals surface area contributed by atoms with Gasteiger partial charge in [0.25, 0.3) is 0 Å². The summed E-state index contributed by atoms with van der Waals surface area (Å²) in [5.74, 6) is 0.586. The summed E-state index contributed by atoms with van der Waals surface area (Å²) in [5, 5.41) is 21.8. The van der Waals surface area contributed by atoms with Crippen LogP contribution in [0.15, 0.2) is 24.3 Å². The molecular weight excluding hydrogens is 272 g/mol. The van der Waals surface area contributed by atoms with Gasteiger partial charge >= 0.3 is 0 Å². The molecule has 0 radical (unpaired) electrons. The summed E-state index contributed by atoms with van der Waals surface area (Å²) in [6.07, 6.45) is 8.55. The quantitative estimate of drug-likeness (QED) is 0.717. The van der Waals surface area contributed by atoms with Crippen LogP contribution in [0.5, 0.6) is 0 Å². The topological polar surface area (TPSA) is 40.5 Å². The average molecular weight is 304 g/mol. The van der Waals surface area contributed by atoms with Gasteiger partial charge in [0, 0.05) is 10.8 Å². The molecule has 0 amide bonds. The molecule has 3 rings (SSSR count). The Morgan fingerprint density at radius 2 is 1.82 bits per heavy atom. The van der Waals surface area contributed by atoms with E-state index < -0.39 is 0 Å². The molecule has 2 heteroatoms. The Labute approximate surface area is 135 Å². The van der Waals surface area contributed by atoms with Crippen molar-refractivity contribution in [2.75, 3.05) is 0 Å². The molecule has 2 fully saturated rings. The first kappa shape index (κ1) is 16.3. The number of aliphatic hydroxyl groups excluding tert-OH is 2. The summed E-state index contributed by atoms with van der Waals surface area (Å²) in [7, 11) is 0. The molecule has 0 aromatic carbocycles. The molecule has 3 aliphatic rings. The van der Waals surface area contributed by atoms with Crippen LogP contribution in [0.1, 0.15) is 59.8 Å². The van der Waals surface area contributed by atoms with Crippen LogP contribution in [-0.4, -0.2) is 22.4 Å². The third kappa shape index (κ3) is 2.14. The zero-order valence-corrected chi connectivity index (χ0v) is 14.6. The SMILES string of the molecule is C=C[C@]1(C)C=C2C[C@@H](O)[C@H]3C(C)(C)CC[C@H](O)[C@]3(C)[C@H]2CC1. The van der Waals surface area contributed by atoms with E-state index in [-0.39, 0.29) is 34.4 Å². The Bertz CT molecular complexity index is 506. The lowest BCUT2D eigenvalue weighted by atomic mass is 9.44. The van der Waals surface area contributed by atoms with Crippen molar-refractivity contribution in [2.24, 2.45) is 28.1 Å². The van der Waals surface area contributed by atoms with E-state index >= 15 is 0 Å². The van der Waals surface area contributed by atoms with Crippen molar-refractivity contribution in [3.05, 3.63) is 24.3 Å². The Kier molecular flexibility index (Phi) is 3.66. The highest BCUT2D eigenvalue weighted by Gasteiger charge is 2.61. The Hall–Kier alpha value is -0.600. The van der Waals surface area contributed by atoms with Gasteiger partial charge in [-0.15, -0.1) is 6.58 Å². The van der Waals surface area contributed by atoms with Crippen LogP contribution in [0.3, 0.4) is 0 Å². The van der Waals surface area contributed by atoms with Crippen molar-refractivity contribution in [1.29, 1.82) is 0 Å². The molecule has 0 aromatic heterocycles. The van der Waals surface area contributed by atoms with Gasteiger partial charge in [0.2, 0.25) is 0 Å². The second kappa shape index (κ2) is 4.95. The van der Waals surface area contributed by atoms with E-state index in [0.717, 1.165) is 32.1 Å². The van der Waals surface area contributed by atoms with Gasteiger partial charge in [-0.3, -0.25) is 0 Å². The second-order valence-corrected chi connectivity index (χ2v) is 9.18. The summed E-state index contributed by atoms with van der Waals surface area (Å²) in [6, 6.07) is 0. The van der Waals surface area contributed by atoms with Crippen LogP contribution in [-0.2, 0) is 0 Å². The normalized spacial score (nSPS) is 50.5. The lowest BCUT2D eigenvalue weighted by molar-refractivity contribution is -0.180. The number of rotatable bonds is 1. The van der Waals surface area contributed by atoms with E-state index in [4.69, 9.17) is 0 Å². The van der Waals surface area contributed by atoms with Gasteiger partial charge in [-0.25, -0.2) is 0 Å². The molecule has 0 aromatic rings. The Morgan fingerprint density at radius 1 is 1.14 bits per heavy atom.